The van der Waals surface area contributed by atoms with Crippen molar-refractivity contribution in [2.75, 3.05) is 38.3 Å². The number of rotatable bonds is 13. The number of imidazole rings is 1. The van der Waals surface area contributed by atoms with Crippen molar-refractivity contribution in [3.8, 4) is 17.2 Å². The van der Waals surface area contributed by atoms with E-state index in [0.717, 1.165) is 115 Å². The summed E-state index contributed by atoms with van der Waals surface area (Å²) >= 11 is 0. The van der Waals surface area contributed by atoms with E-state index in [1.165, 1.54) is 0 Å². The molecule has 4 heterocycles. The smallest absolute Gasteiger partial charge is 0.208 e. The Labute approximate surface area is 305 Å². The summed E-state index contributed by atoms with van der Waals surface area (Å²) < 4.78 is 29.8. The fraction of sp³-hybridized carbons (Fsp3) is 0.381. The van der Waals surface area contributed by atoms with Crippen molar-refractivity contribution >= 4 is 23.2 Å². The molecule has 0 radical (unpaired) electrons. The summed E-state index contributed by atoms with van der Waals surface area (Å²) in [6.45, 7) is 4.89. The minimum atomic E-state index is -0.0563. The zero-order chi connectivity index (χ0) is 35.3. The predicted octanol–water partition coefficient (Wildman–Crippen LogP) is 7.88. The van der Waals surface area contributed by atoms with Crippen LogP contribution in [0.1, 0.15) is 61.4 Å². The van der Waals surface area contributed by atoms with Gasteiger partial charge < -0.3 is 38.2 Å². The highest BCUT2D eigenvalue weighted by Gasteiger charge is 2.32. The highest BCUT2D eigenvalue weighted by molar-refractivity contribution is 5.81. The van der Waals surface area contributed by atoms with Gasteiger partial charge in [0.2, 0.25) is 12.2 Å². The lowest BCUT2D eigenvalue weighted by atomic mass is 9.92. The first-order valence-electron chi connectivity index (χ1n) is 18.6. The lowest BCUT2D eigenvalue weighted by Gasteiger charge is -2.34. The summed E-state index contributed by atoms with van der Waals surface area (Å²) in [6.07, 6.45) is 11.7. The molecule has 3 aromatic carbocycles. The number of allylic oxidation sites excluding steroid dienone is 2. The number of ether oxygens (including phenoxy) is 4. The van der Waals surface area contributed by atoms with Gasteiger partial charge in [0.15, 0.2) is 22.9 Å². The molecule has 0 N–H and O–H groups in total. The van der Waals surface area contributed by atoms with Gasteiger partial charge in [0.05, 0.1) is 50.0 Å². The van der Waals surface area contributed by atoms with Gasteiger partial charge in [-0.25, -0.2) is 4.98 Å². The van der Waals surface area contributed by atoms with Crippen LogP contribution < -0.4 is 19.1 Å². The van der Waals surface area contributed by atoms with E-state index >= 15 is 0 Å². The number of methoxy groups -OCH3 is 1. The minimum absolute atomic E-state index is 0.0563. The number of aromatic nitrogens is 3. The van der Waals surface area contributed by atoms with Gasteiger partial charge in [0, 0.05) is 19.6 Å². The second-order valence-corrected chi connectivity index (χ2v) is 13.9. The largest absolute Gasteiger partial charge is 0.618 e. The number of hydrogen-bond acceptors (Lipinski definition) is 7. The van der Waals surface area contributed by atoms with Gasteiger partial charge in [-0.15, -0.1) is 0 Å². The Morgan fingerprint density at radius 1 is 0.942 bits per heavy atom. The molecule has 10 heteroatoms. The molecule has 52 heavy (non-hydrogen) atoms. The number of aryl methyl sites for hydroxylation is 1. The topological polar surface area (TPSA) is 89.0 Å². The Hall–Kier alpha value is -5.22. The first kappa shape index (κ1) is 33.9. The number of anilines is 1. The molecule has 3 aliphatic rings. The fourth-order valence-corrected chi connectivity index (χ4v) is 7.73. The Morgan fingerprint density at radius 2 is 1.79 bits per heavy atom. The van der Waals surface area contributed by atoms with Crippen LogP contribution in [-0.2, 0) is 24.4 Å². The van der Waals surface area contributed by atoms with Crippen LogP contribution in [0.15, 0.2) is 96.8 Å². The van der Waals surface area contributed by atoms with Crippen LogP contribution in [0.25, 0.3) is 11.0 Å². The number of morpholine rings is 1. The fourth-order valence-electron chi connectivity index (χ4n) is 7.73. The molecule has 2 aromatic heterocycles. The van der Waals surface area contributed by atoms with Crippen molar-refractivity contribution in [1.82, 2.24) is 14.1 Å². The standard InChI is InChI=1S/C42H47N5O5/c1-49-41-38-27-47(48)36-16-8-6-14-33(36)26-45(38)29-40(41)50-24-11-3-10-22-46-37-17-9-7-15-35(37)43-42(46)44-23-25-51-39(28-44)32-18-20-34(21-19-32)52-30-31-12-4-2-5-13-31/h2,4-5,7,9,12-13,15-21,27,29,33,39H,3,6,8,10-11,14,22-26,28,30H2,1H3/t33-,39?/m0/s1. The summed E-state index contributed by atoms with van der Waals surface area (Å²) in [5.74, 6) is 3.39. The summed E-state index contributed by atoms with van der Waals surface area (Å²) in [6, 6.07) is 26.9. The van der Waals surface area contributed by atoms with Gasteiger partial charge in [0.25, 0.3) is 0 Å². The van der Waals surface area contributed by atoms with E-state index in [1.807, 2.05) is 36.5 Å². The molecule has 0 spiro atoms. The zero-order valence-electron chi connectivity index (χ0n) is 29.9. The zero-order valence-corrected chi connectivity index (χ0v) is 29.9. The quantitative estimate of drug-likeness (QED) is 0.0701. The molecule has 0 bridgehead atoms. The highest BCUT2D eigenvalue weighted by Crippen LogP contribution is 2.37. The second kappa shape index (κ2) is 15.6. The number of unbranched alkanes of at least 4 members (excludes halogenated alkanes) is 2. The van der Waals surface area contributed by atoms with Crippen LogP contribution in [0.5, 0.6) is 17.2 Å². The Balaban J connectivity index is 0.880. The first-order valence-corrected chi connectivity index (χ1v) is 18.6. The molecule has 270 valence electrons. The molecule has 10 nitrogen and oxygen atoms in total. The molecule has 2 aliphatic heterocycles. The van der Waals surface area contributed by atoms with Gasteiger partial charge in [-0.3, -0.25) is 0 Å². The molecular weight excluding hydrogens is 654 g/mol. The summed E-state index contributed by atoms with van der Waals surface area (Å²) in [4.78, 5) is 7.48. The number of fused-ring (bicyclic) bond motifs is 3. The molecule has 1 saturated heterocycles. The maximum atomic E-state index is 12.9. The molecule has 8 rings (SSSR count). The van der Waals surface area contributed by atoms with E-state index in [0.29, 0.717) is 31.3 Å². The Morgan fingerprint density at radius 3 is 2.65 bits per heavy atom. The maximum Gasteiger partial charge on any atom is 0.208 e. The molecule has 0 amide bonds. The third kappa shape index (κ3) is 7.25. The molecular formula is C42H47N5O5. The summed E-state index contributed by atoms with van der Waals surface area (Å²) in [5.41, 5.74) is 6.09. The SMILES string of the molecule is COc1c(OCCCCCn2c(N3CCOC(c4ccc(OCc5ccccc5)cc4)C3)nc3ccccc32)cn2c1C=[N+]([O-])C1=CCCC[C@H]1C2. The van der Waals surface area contributed by atoms with Crippen LogP contribution in [0.2, 0.25) is 0 Å². The predicted molar refractivity (Wildman–Crippen MR) is 202 cm³/mol. The van der Waals surface area contributed by atoms with Gasteiger partial charge in [0.1, 0.15) is 18.5 Å². The molecule has 1 fully saturated rings. The van der Waals surface area contributed by atoms with E-state index in [9.17, 15) is 5.21 Å². The molecule has 1 unspecified atom stereocenters. The number of hydrogen-bond donors (Lipinski definition) is 0. The van der Waals surface area contributed by atoms with Crippen molar-refractivity contribution < 1.29 is 23.7 Å². The van der Waals surface area contributed by atoms with Crippen LogP contribution in [0, 0.1) is 11.1 Å². The van der Waals surface area contributed by atoms with Crippen LogP contribution in [0.4, 0.5) is 5.95 Å². The number of nitrogens with zero attached hydrogens (tertiary/aromatic N) is 5. The Bertz CT molecular complexity index is 2030. The number of para-hydroxylation sites is 2. The lowest BCUT2D eigenvalue weighted by Crippen LogP contribution is -2.40. The second-order valence-electron chi connectivity index (χ2n) is 13.9. The van der Waals surface area contributed by atoms with Gasteiger partial charge in [-0.1, -0.05) is 54.6 Å². The van der Waals surface area contributed by atoms with Crippen LogP contribution in [0.3, 0.4) is 0 Å². The molecule has 0 saturated carbocycles. The van der Waals surface area contributed by atoms with E-state index in [-0.39, 0.29) is 12.0 Å². The summed E-state index contributed by atoms with van der Waals surface area (Å²) in [7, 11) is 1.64. The van der Waals surface area contributed by atoms with E-state index < -0.39 is 0 Å². The third-order valence-corrected chi connectivity index (χ3v) is 10.5. The van der Waals surface area contributed by atoms with Crippen molar-refractivity contribution in [3.63, 3.8) is 0 Å². The van der Waals surface area contributed by atoms with E-state index in [4.69, 9.17) is 23.9 Å². The normalized spacial score (nSPS) is 18.6. The first-order chi connectivity index (χ1) is 25.6. The van der Waals surface area contributed by atoms with Gasteiger partial charge in [-0.2, -0.15) is 4.74 Å². The molecule has 5 aromatic rings. The summed E-state index contributed by atoms with van der Waals surface area (Å²) in [5, 5.41) is 12.9. The highest BCUT2D eigenvalue weighted by atomic mass is 16.5. The van der Waals surface area contributed by atoms with Crippen molar-refractivity contribution in [2.24, 2.45) is 5.92 Å². The van der Waals surface area contributed by atoms with E-state index in [2.05, 4.69) is 68.6 Å². The van der Waals surface area contributed by atoms with Gasteiger partial charge >= 0.3 is 0 Å². The minimum Gasteiger partial charge on any atom is -0.618 e. The monoisotopic (exact) mass is 701 g/mol. The van der Waals surface area contributed by atoms with E-state index in [1.54, 1.807) is 13.3 Å². The van der Waals surface area contributed by atoms with Crippen LogP contribution >= 0.6 is 0 Å². The maximum absolute atomic E-state index is 12.9. The van der Waals surface area contributed by atoms with Crippen LogP contribution in [-0.4, -0.2) is 58.5 Å². The third-order valence-electron chi connectivity index (χ3n) is 10.5. The number of benzene rings is 3. The number of hydroxylamine groups is 1. The van der Waals surface area contributed by atoms with Gasteiger partial charge in [-0.05, 0) is 80.0 Å². The molecule has 2 atom stereocenters. The van der Waals surface area contributed by atoms with Crippen molar-refractivity contribution in [2.45, 2.75) is 64.3 Å². The average Bonchev–Trinajstić information content (AvgIpc) is 3.68. The molecule has 1 aliphatic carbocycles. The average molecular weight is 702 g/mol. The lowest BCUT2D eigenvalue weighted by molar-refractivity contribution is -0.406. The Kier molecular flexibility index (Phi) is 10.2. The van der Waals surface area contributed by atoms with Crippen molar-refractivity contribution in [1.29, 1.82) is 0 Å². The van der Waals surface area contributed by atoms with Crippen molar-refractivity contribution in [3.05, 3.63) is 119 Å².